The van der Waals surface area contributed by atoms with E-state index in [4.69, 9.17) is 0 Å². The van der Waals surface area contributed by atoms with Gasteiger partial charge in [-0.3, -0.25) is 20.4 Å². The van der Waals surface area contributed by atoms with E-state index in [0.29, 0.717) is 16.3 Å². The predicted octanol–water partition coefficient (Wildman–Crippen LogP) is 2.89. The summed E-state index contributed by atoms with van der Waals surface area (Å²) in [6, 6.07) is 9.66. The molecule has 0 aliphatic rings. The lowest BCUT2D eigenvalue weighted by molar-refractivity contribution is -0.121. The lowest BCUT2D eigenvalue weighted by atomic mass is 10.2. The Balaban J connectivity index is 1.61. The molecule has 2 N–H and O–H groups in total. The third-order valence-electron chi connectivity index (χ3n) is 3.35. The van der Waals surface area contributed by atoms with Gasteiger partial charge in [0.25, 0.3) is 5.91 Å². The maximum atomic E-state index is 12.3. The van der Waals surface area contributed by atoms with E-state index in [1.54, 1.807) is 6.92 Å². The number of carbonyl (C=O) groups is 2. The van der Waals surface area contributed by atoms with Gasteiger partial charge in [0.05, 0.1) is 22.8 Å². The monoisotopic (exact) mass is 372 g/mol. The van der Waals surface area contributed by atoms with E-state index in [1.165, 1.54) is 22.7 Å². The van der Waals surface area contributed by atoms with Gasteiger partial charge in [0, 0.05) is 10.9 Å². The quantitative estimate of drug-likeness (QED) is 0.690. The van der Waals surface area contributed by atoms with Crippen molar-refractivity contribution in [1.29, 1.82) is 0 Å². The van der Waals surface area contributed by atoms with Crippen LogP contribution in [-0.2, 0) is 11.2 Å². The molecule has 6 nitrogen and oxygen atoms in total. The second-order valence-corrected chi connectivity index (χ2v) is 7.40. The van der Waals surface area contributed by atoms with Gasteiger partial charge >= 0.3 is 0 Å². The topological polar surface area (TPSA) is 84.0 Å². The van der Waals surface area contributed by atoms with Gasteiger partial charge in [-0.15, -0.1) is 22.7 Å². The van der Waals surface area contributed by atoms with Crippen LogP contribution in [0.5, 0.6) is 0 Å². The number of rotatable bonds is 4. The first-order chi connectivity index (χ1) is 12.0. The molecule has 1 aromatic carbocycles. The first-order valence-corrected chi connectivity index (χ1v) is 9.25. The lowest BCUT2D eigenvalue weighted by Gasteiger charge is -2.05. The number of hydrogen-bond acceptors (Lipinski definition) is 6. The van der Waals surface area contributed by atoms with Crippen LogP contribution in [0.15, 0.2) is 35.7 Å². The third kappa shape index (κ3) is 4.28. The van der Waals surface area contributed by atoms with Crippen LogP contribution in [0.2, 0.25) is 0 Å². The summed E-state index contributed by atoms with van der Waals surface area (Å²) in [5.74, 6) is -0.691. The minimum atomic E-state index is -0.375. The Morgan fingerprint density at radius 3 is 2.52 bits per heavy atom. The summed E-state index contributed by atoms with van der Waals surface area (Å²) in [5.41, 5.74) is 7.13. The van der Waals surface area contributed by atoms with E-state index in [1.807, 2.05) is 42.6 Å². The van der Waals surface area contributed by atoms with E-state index in [2.05, 4.69) is 20.8 Å². The zero-order valence-corrected chi connectivity index (χ0v) is 15.3. The number of aromatic nitrogens is 2. The summed E-state index contributed by atoms with van der Waals surface area (Å²) in [6.07, 6.45) is 0.127. The molecule has 25 heavy (non-hydrogen) atoms. The van der Waals surface area contributed by atoms with E-state index < -0.39 is 0 Å². The van der Waals surface area contributed by atoms with Gasteiger partial charge in [0.1, 0.15) is 9.88 Å². The molecule has 0 fully saturated rings. The Morgan fingerprint density at radius 2 is 1.84 bits per heavy atom. The molecule has 2 heterocycles. The molecule has 0 aliphatic heterocycles. The highest BCUT2D eigenvalue weighted by Crippen LogP contribution is 2.27. The van der Waals surface area contributed by atoms with Gasteiger partial charge in [-0.2, -0.15) is 0 Å². The number of hydrogen-bond donors (Lipinski definition) is 2. The van der Waals surface area contributed by atoms with E-state index in [-0.39, 0.29) is 18.2 Å². The van der Waals surface area contributed by atoms with Gasteiger partial charge in [-0.25, -0.2) is 9.97 Å². The summed E-state index contributed by atoms with van der Waals surface area (Å²) >= 11 is 2.78. The van der Waals surface area contributed by atoms with Crippen LogP contribution in [0.3, 0.4) is 0 Å². The summed E-state index contributed by atoms with van der Waals surface area (Å²) in [7, 11) is 0. The van der Waals surface area contributed by atoms with Crippen molar-refractivity contribution in [2.24, 2.45) is 0 Å². The number of hydrazine groups is 1. The van der Waals surface area contributed by atoms with Gasteiger partial charge < -0.3 is 0 Å². The summed E-state index contributed by atoms with van der Waals surface area (Å²) in [6.45, 7) is 3.66. The summed E-state index contributed by atoms with van der Waals surface area (Å²) in [5, 5.41) is 3.50. The zero-order chi connectivity index (χ0) is 17.8. The molecule has 0 unspecified atom stereocenters. The molecule has 2 amide bonds. The van der Waals surface area contributed by atoms with Crippen molar-refractivity contribution in [3.05, 3.63) is 57.0 Å². The van der Waals surface area contributed by atoms with Crippen LogP contribution in [0.25, 0.3) is 10.6 Å². The molecule has 2 aromatic heterocycles. The minimum Gasteiger partial charge on any atom is -0.273 e. The molecule has 0 radical (unpaired) electrons. The Kier molecular flexibility index (Phi) is 5.20. The Hall–Kier alpha value is -2.58. The maximum absolute atomic E-state index is 12.3. The van der Waals surface area contributed by atoms with E-state index in [0.717, 1.165) is 15.6 Å². The third-order valence-corrected chi connectivity index (χ3v) is 5.37. The molecule has 128 valence electrons. The van der Waals surface area contributed by atoms with Crippen LogP contribution in [0.4, 0.5) is 0 Å². The zero-order valence-electron chi connectivity index (χ0n) is 13.7. The summed E-state index contributed by atoms with van der Waals surface area (Å²) in [4.78, 5) is 33.3. The first kappa shape index (κ1) is 17.2. The fraction of sp³-hybridized carbons (Fsp3) is 0.176. The van der Waals surface area contributed by atoms with Gasteiger partial charge in [0.2, 0.25) is 5.91 Å². The Bertz CT molecular complexity index is 903. The number of nitrogens with one attached hydrogen (secondary N) is 2. The van der Waals surface area contributed by atoms with Crippen LogP contribution in [0.1, 0.15) is 26.1 Å². The average Bonchev–Trinajstić information content (AvgIpc) is 3.19. The molecule has 3 aromatic rings. The van der Waals surface area contributed by atoms with Gasteiger partial charge in [-0.1, -0.05) is 30.3 Å². The molecule has 0 bridgehead atoms. The maximum Gasteiger partial charge on any atom is 0.281 e. The van der Waals surface area contributed by atoms with Crippen molar-refractivity contribution in [1.82, 2.24) is 20.8 Å². The van der Waals surface area contributed by atoms with Gasteiger partial charge in [0.15, 0.2) is 0 Å². The largest absolute Gasteiger partial charge is 0.281 e. The number of nitrogens with zero attached hydrogens (tertiary/aromatic N) is 2. The Morgan fingerprint density at radius 1 is 1.08 bits per heavy atom. The van der Waals surface area contributed by atoms with Crippen LogP contribution in [0, 0.1) is 13.8 Å². The van der Waals surface area contributed by atoms with Crippen molar-refractivity contribution in [2.45, 2.75) is 20.3 Å². The minimum absolute atomic E-state index is 0.127. The van der Waals surface area contributed by atoms with Crippen molar-refractivity contribution < 1.29 is 9.59 Å². The first-order valence-electron chi connectivity index (χ1n) is 7.56. The van der Waals surface area contributed by atoms with Crippen molar-refractivity contribution in [3.8, 4) is 10.6 Å². The molecule has 0 aliphatic carbocycles. The van der Waals surface area contributed by atoms with Crippen molar-refractivity contribution in [3.63, 3.8) is 0 Å². The number of carbonyl (C=O) groups excluding carboxylic acids is 2. The van der Waals surface area contributed by atoms with E-state index in [9.17, 15) is 9.59 Å². The van der Waals surface area contributed by atoms with Crippen LogP contribution < -0.4 is 10.9 Å². The molecule has 0 saturated carbocycles. The predicted molar refractivity (Wildman–Crippen MR) is 98.5 cm³/mol. The summed E-state index contributed by atoms with van der Waals surface area (Å²) < 4.78 is 0. The normalized spacial score (nSPS) is 10.5. The molecule has 0 spiro atoms. The number of benzene rings is 1. The molecular weight excluding hydrogens is 356 g/mol. The van der Waals surface area contributed by atoms with Crippen molar-refractivity contribution >= 4 is 34.5 Å². The average molecular weight is 372 g/mol. The highest BCUT2D eigenvalue weighted by atomic mass is 32.1. The molecule has 8 heteroatoms. The van der Waals surface area contributed by atoms with Crippen LogP contribution in [-0.4, -0.2) is 21.8 Å². The fourth-order valence-corrected chi connectivity index (χ4v) is 3.77. The standard InChI is InChI=1S/C17H16N4O2S2/c1-10-15(25-17(18-10)12-6-4-3-5-7-12)16(23)21-20-14(22)8-13-9-24-11(2)19-13/h3-7,9H,8H2,1-2H3,(H,20,22)(H,21,23). The molecule has 3 rings (SSSR count). The fourth-order valence-electron chi connectivity index (χ4n) is 2.19. The molecular formula is C17H16N4O2S2. The van der Waals surface area contributed by atoms with Crippen LogP contribution >= 0.6 is 22.7 Å². The Labute approximate surface area is 152 Å². The van der Waals surface area contributed by atoms with Gasteiger partial charge in [-0.05, 0) is 13.8 Å². The smallest absolute Gasteiger partial charge is 0.273 e. The SMILES string of the molecule is Cc1nc(CC(=O)NNC(=O)c2sc(-c3ccccc3)nc2C)cs1. The molecule has 0 atom stereocenters. The number of thiazole rings is 2. The number of amides is 2. The lowest BCUT2D eigenvalue weighted by Crippen LogP contribution is -2.42. The second kappa shape index (κ2) is 7.54. The highest BCUT2D eigenvalue weighted by Gasteiger charge is 2.17. The molecule has 0 saturated heterocycles. The number of aryl methyl sites for hydroxylation is 2. The second-order valence-electron chi connectivity index (χ2n) is 5.34. The highest BCUT2D eigenvalue weighted by molar-refractivity contribution is 7.17. The van der Waals surface area contributed by atoms with E-state index >= 15 is 0 Å². The van der Waals surface area contributed by atoms with Crippen molar-refractivity contribution in [2.75, 3.05) is 0 Å².